The molecular formula is C12H22N2OS. The molecular weight excluding hydrogens is 220 g/mol. The molecule has 1 atom stereocenters. The van der Waals surface area contributed by atoms with Crippen molar-refractivity contribution in [3.05, 3.63) is 16.1 Å². The second kappa shape index (κ2) is 5.75. The summed E-state index contributed by atoms with van der Waals surface area (Å²) in [6, 6.07) is 0.0624. The van der Waals surface area contributed by atoms with Crippen molar-refractivity contribution >= 4 is 11.3 Å². The van der Waals surface area contributed by atoms with Crippen LogP contribution in [0.2, 0.25) is 0 Å². The minimum Gasteiger partial charge on any atom is -0.369 e. The third-order valence-electron chi connectivity index (χ3n) is 2.52. The molecule has 1 rings (SSSR count). The van der Waals surface area contributed by atoms with Crippen molar-refractivity contribution in [2.75, 3.05) is 6.61 Å². The van der Waals surface area contributed by atoms with Crippen molar-refractivity contribution in [3.63, 3.8) is 0 Å². The highest BCUT2D eigenvalue weighted by Crippen LogP contribution is 2.29. The van der Waals surface area contributed by atoms with E-state index in [2.05, 4.69) is 17.3 Å². The third-order valence-corrected chi connectivity index (χ3v) is 3.69. The number of nitrogens with two attached hydrogens (primary N) is 1. The molecule has 0 spiro atoms. The van der Waals surface area contributed by atoms with E-state index in [1.165, 1.54) is 0 Å². The lowest BCUT2D eigenvalue weighted by Gasteiger charge is -2.21. The largest absolute Gasteiger partial charge is 0.369 e. The lowest BCUT2D eigenvalue weighted by Crippen LogP contribution is -2.21. The summed E-state index contributed by atoms with van der Waals surface area (Å²) in [5.41, 5.74) is 6.73. The van der Waals surface area contributed by atoms with Crippen molar-refractivity contribution < 1.29 is 4.74 Å². The number of thiazole rings is 1. The average Bonchev–Trinajstić information content (AvgIpc) is 2.67. The van der Waals surface area contributed by atoms with Gasteiger partial charge in [-0.3, -0.25) is 0 Å². The van der Waals surface area contributed by atoms with Gasteiger partial charge in [0.1, 0.15) is 10.6 Å². The van der Waals surface area contributed by atoms with Gasteiger partial charge in [-0.15, -0.1) is 11.3 Å². The summed E-state index contributed by atoms with van der Waals surface area (Å²) in [7, 11) is 0. The Kier molecular flexibility index (Phi) is 4.89. The zero-order valence-electron chi connectivity index (χ0n) is 10.6. The van der Waals surface area contributed by atoms with Gasteiger partial charge in [-0.2, -0.15) is 0 Å². The maximum Gasteiger partial charge on any atom is 0.124 e. The molecule has 0 radical (unpaired) electrons. The summed E-state index contributed by atoms with van der Waals surface area (Å²) >= 11 is 1.63. The van der Waals surface area contributed by atoms with Gasteiger partial charge in [0.05, 0.1) is 5.69 Å². The van der Waals surface area contributed by atoms with E-state index < -0.39 is 0 Å². The standard InChI is InChI=1S/C12H22N2OS/c1-5-7-9(13)10-8-16-11(14-10)12(3,4)15-6-2/h8-9H,5-7,13H2,1-4H3. The molecule has 1 aromatic heterocycles. The van der Waals surface area contributed by atoms with Crippen LogP contribution in [-0.4, -0.2) is 11.6 Å². The normalized spacial score (nSPS) is 14.1. The Morgan fingerprint density at radius 1 is 1.50 bits per heavy atom. The maximum absolute atomic E-state index is 6.04. The molecule has 4 heteroatoms. The van der Waals surface area contributed by atoms with Crippen LogP contribution >= 0.6 is 11.3 Å². The Balaban J connectivity index is 2.78. The lowest BCUT2D eigenvalue weighted by atomic mass is 10.1. The van der Waals surface area contributed by atoms with E-state index in [1.807, 2.05) is 20.8 Å². The molecule has 1 unspecified atom stereocenters. The van der Waals surface area contributed by atoms with E-state index in [1.54, 1.807) is 11.3 Å². The molecule has 0 aromatic carbocycles. The fourth-order valence-corrected chi connectivity index (χ4v) is 2.58. The van der Waals surface area contributed by atoms with Crippen LogP contribution in [0.15, 0.2) is 5.38 Å². The minimum absolute atomic E-state index is 0.0624. The van der Waals surface area contributed by atoms with Crippen LogP contribution in [-0.2, 0) is 10.3 Å². The quantitative estimate of drug-likeness (QED) is 0.833. The number of ether oxygens (including phenoxy) is 1. The van der Waals surface area contributed by atoms with Crippen molar-refractivity contribution in [3.8, 4) is 0 Å². The van der Waals surface area contributed by atoms with E-state index in [9.17, 15) is 0 Å². The van der Waals surface area contributed by atoms with E-state index in [-0.39, 0.29) is 11.6 Å². The maximum atomic E-state index is 6.04. The first kappa shape index (κ1) is 13.6. The first-order valence-corrected chi connectivity index (χ1v) is 6.74. The summed E-state index contributed by atoms with van der Waals surface area (Å²) in [6.45, 7) is 8.92. The Labute approximate surface area is 102 Å². The van der Waals surface area contributed by atoms with Gasteiger partial charge in [-0.25, -0.2) is 4.98 Å². The molecule has 0 bridgehead atoms. The molecule has 0 amide bonds. The highest BCUT2D eigenvalue weighted by Gasteiger charge is 2.25. The zero-order chi connectivity index (χ0) is 12.2. The number of aromatic nitrogens is 1. The topological polar surface area (TPSA) is 48.1 Å². The van der Waals surface area contributed by atoms with E-state index in [4.69, 9.17) is 10.5 Å². The highest BCUT2D eigenvalue weighted by atomic mass is 32.1. The van der Waals surface area contributed by atoms with Crippen molar-refractivity contribution in [1.82, 2.24) is 4.98 Å². The number of nitrogens with zero attached hydrogens (tertiary/aromatic N) is 1. The molecule has 0 aliphatic heterocycles. The molecule has 0 fully saturated rings. The van der Waals surface area contributed by atoms with Crippen LogP contribution in [0.4, 0.5) is 0 Å². The van der Waals surface area contributed by atoms with Gasteiger partial charge in [0.2, 0.25) is 0 Å². The monoisotopic (exact) mass is 242 g/mol. The van der Waals surface area contributed by atoms with Gasteiger partial charge >= 0.3 is 0 Å². The van der Waals surface area contributed by atoms with Gasteiger partial charge in [0.25, 0.3) is 0 Å². The summed E-state index contributed by atoms with van der Waals surface area (Å²) in [5, 5.41) is 3.06. The predicted octanol–water partition coefficient (Wildman–Crippen LogP) is 3.21. The second-order valence-corrected chi connectivity index (χ2v) is 5.27. The Hall–Kier alpha value is -0.450. The first-order valence-electron chi connectivity index (χ1n) is 5.86. The molecule has 0 aliphatic carbocycles. The fourth-order valence-electron chi connectivity index (χ4n) is 1.61. The first-order chi connectivity index (χ1) is 7.51. The van der Waals surface area contributed by atoms with Crippen LogP contribution in [0.25, 0.3) is 0 Å². The Bertz CT molecular complexity index is 323. The smallest absolute Gasteiger partial charge is 0.124 e. The molecule has 3 nitrogen and oxygen atoms in total. The minimum atomic E-state index is -0.302. The third kappa shape index (κ3) is 3.27. The molecule has 1 aromatic rings. The van der Waals surface area contributed by atoms with Gasteiger partial charge in [0, 0.05) is 18.0 Å². The van der Waals surface area contributed by atoms with E-state index >= 15 is 0 Å². The van der Waals surface area contributed by atoms with Crippen molar-refractivity contribution in [2.24, 2.45) is 5.73 Å². The van der Waals surface area contributed by atoms with Crippen LogP contribution in [0.3, 0.4) is 0 Å². The predicted molar refractivity (Wildman–Crippen MR) is 68.6 cm³/mol. The summed E-state index contributed by atoms with van der Waals surface area (Å²) in [5.74, 6) is 0. The summed E-state index contributed by atoms with van der Waals surface area (Å²) < 4.78 is 5.68. The summed E-state index contributed by atoms with van der Waals surface area (Å²) in [4.78, 5) is 4.59. The second-order valence-electron chi connectivity index (χ2n) is 4.42. The molecule has 2 N–H and O–H groups in total. The highest BCUT2D eigenvalue weighted by molar-refractivity contribution is 7.09. The molecule has 0 saturated carbocycles. The van der Waals surface area contributed by atoms with Crippen LogP contribution < -0.4 is 5.73 Å². The van der Waals surface area contributed by atoms with Crippen LogP contribution in [0.5, 0.6) is 0 Å². The van der Waals surface area contributed by atoms with E-state index in [0.717, 1.165) is 23.5 Å². The molecule has 92 valence electrons. The Morgan fingerprint density at radius 3 is 2.75 bits per heavy atom. The SMILES string of the molecule is CCCC(N)c1csc(C(C)(C)OCC)n1. The van der Waals surface area contributed by atoms with Crippen molar-refractivity contribution in [1.29, 1.82) is 0 Å². The van der Waals surface area contributed by atoms with Crippen LogP contribution in [0, 0.1) is 0 Å². The number of hydrogen-bond acceptors (Lipinski definition) is 4. The molecule has 0 saturated heterocycles. The molecule has 1 heterocycles. The van der Waals surface area contributed by atoms with Gasteiger partial charge in [-0.05, 0) is 27.2 Å². The average molecular weight is 242 g/mol. The fraction of sp³-hybridized carbons (Fsp3) is 0.750. The van der Waals surface area contributed by atoms with Crippen LogP contribution in [0.1, 0.15) is 57.3 Å². The molecule has 0 aliphatic rings. The van der Waals surface area contributed by atoms with Gasteiger partial charge < -0.3 is 10.5 Å². The zero-order valence-corrected chi connectivity index (χ0v) is 11.4. The van der Waals surface area contributed by atoms with Crippen molar-refractivity contribution in [2.45, 2.75) is 52.2 Å². The van der Waals surface area contributed by atoms with E-state index in [0.29, 0.717) is 6.61 Å². The van der Waals surface area contributed by atoms with Gasteiger partial charge in [-0.1, -0.05) is 13.3 Å². The number of rotatable bonds is 6. The van der Waals surface area contributed by atoms with Gasteiger partial charge in [0.15, 0.2) is 0 Å². The lowest BCUT2D eigenvalue weighted by molar-refractivity contribution is -0.0142. The Morgan fingerprint density at radius 2 is 2.19 bits per heavy atom. The summed E-state index contributed by atoms with van der Waals surface area (Å²) in [6.07, 6.45) is 2.07. The number of hydrogen-bond donors (Lipinski definition) is 1. The molecule has 16 heavy (non-hydrogen) atoms.